The van der Waals surface area contributed by atoms with E-state index in [1.807, 2.05) is 12.3 Å². The number of methoxy groups -OCH3 is 1. The molecule has 5 aromatic rings. The summed E-state index contributed by atoms with van der Waals surface area (Å²) in [5.41, 5.74) is 5.89. The SMILES string of the molecule is C=CC1CC23CC[N+]2(Cc2c(C)c4ccccc4c4ccccc24)C(Cc2ccnc4ccc(OC)cc24)CC13. The molecule has 3 nitrogen and oxygen atoms in total. The van der Waals surface area contributed by atoms with E-state index in [4.69, 9.17) is 9.72 Å². The number of ether oxygens (including phenoxy) is 1. The highest BCUT2D eigenvalue weighted by Gasteiger charge is 2.77. The van der Waals surface area contributed by atoms with E-state index in [0.717, 1.165) is 30.1 Å². The number of fused-ring (bicyclic) bond motifs is 4. The van der Waals surface area contributed by atoms with Crippen molar-refractivity contribution in [2.24, 2.45) is 11.8 Å². The molecule has 0 N–H and O–H groups in total. The highest BCUT2D eigenvalue weighted by Crippen LogP contribution is 2.68. The van der Waals surface area contributed by atoms with Crippen LogP contribution in [0, 0.1) is 18.8 Å². The van der Waals surface area contributed by atoms with Crippen LogP contribution in [-0.2, 0) is 13.0 Å². The van der Waals surface area contributed by atoms with E-state index in [2.05, 4.69) is 86.3 Å². The minimum atomic E-state index is 0.406. The first kappa shape index (κ1) is 24.1. The number of nitrogens with zero attached hydrogens (tertiary/aromatic N) is 2. The number of hydrogen-bond acceptors (Lipinski definition) is 2. The second-order valence-electron chi connectivity index (χ2n) is 12.6. The average Bonchev–Trinajstić information content (AvgIpc) is 3.10. The van der Waals surface area contributed by atoms with Crippen LogP contribution < -0.4 is 4.74 Å². The topological polar surface area (TPSA) is 22.1 Å². The number of aryl methyl sites for hydroxylation is 1. The van der Waals surface area contributed by atoms with Crippen LogP contribution in [0.25, 0.3) is 32.4 Å². The number of allylic oxidation sites excluding steroid dienone is 1. The van der Waals surface area contributed by atoms with Gasteiger partial charge in [-0.3, -0.25) is 4.98 Å². The lowest BCUT2D eigenvalue weighted by molar-refractivity contribution is -1.04. The van der Waals surface area contributed by atoms with Crippen LogP contribution in [0.2, 0.25) is 0 Å². The molecule has 3 aliphatic rings. The molecule has 2 saturated heterocycles. The maximum absolute atomic E-state index is 5.61. The molecule has 3 fully saturated rings. The van der Waals surface area contributed by atoms with Crippen molar-refractivity contribution in [1.29, 1.82) is 0 Å². The van der Waals surface area contributed by atoms with Gasteiger partial charge >= 0.3 is 0 Å². The number of pyridine rings is 1. The Morgan fingerprint density at radius 3 is 2.45 bits per heavy atom. The van der Waals surface area contributed by atoms with Crippen molar-refractivity contribution in [2.45, 2.75) is 50.7 Å². The zero-order valence-electron chi connectivity index (χ0n) is 23.6. The summed E-state index contributed by atoms with van der Waals surface area (Å²) in [5.74, 6) is 2.31. The summed E-state index contributed by atoms with van der Waals surface area (Å²) < 4.78 is 6.85. The first-order valence-electron chi connectivity index (χ1n) is 14.9. The largest absolute Gasteiger partial charge is 0.497 e. The molecule has 40 heavy (non-hydrogen) atoms. The highest BCUT2D eigenvalue weighted by molar-refractivity contribution is 6.10. The Hall–Kier alpha value is -3.69. The molecule has 1 aromatic heterocycles. The monoisotopic (exact) mass is 525 g/mol. The molecule has 0 amide bonds. The summed E-state index contributed by atoms with van der Waals surface area (Å²) in [6.07, 6.45) is 9.28. The zero-order valence-corrected chi connectivity index (χ0v) is 23.6. The maximum atomic E-state index is 5.61. The third-order valence-electron chi connectivity index (χ3n) is 11.4. The van der Waals surface area contributed by atoms with Gasteiger partial charge in [-0.25, -0.2) is 0 Å². The molecule has 1 saturated carbocycles. The van der Waals surface area contributed by atoms with Gasteiger partial charge in [-0.2, -0.15) is 0 Å². The van der Waals surface area contributed by atoms with Gasteiger partial charge in [0.2, 0.25) is 0 Å². The molecule has 2 aliphatic heterocycles. The van der Waals surface area contributed by atoms with Gasteiger partial charge in [0.15, 0.2) is 0 Å². The summed E-state index contributed by atoms with van der Waals surface area (Å²) in [6, 6.07) is 27.3. The van der Waals surface area contributed by atoms with Gasteiger partial charge in [-0.1, -0.05) is 54.6 Å². The van der Waals surface area contributed by atoms with Crippen molar-refractivity contribution >= 4 is 32.4 Å². The summed E-state index contributed by atoms with van der Waals surface area (Å²) in [7, 11) is 1.75. The van der Waals surface area contributed by atoms with Crippen molar-refractivity contribution in [3.05, 3.63) is 108 Å². The Kier molecular flexibility index (Phi) is 5.22. The molecule has 3 heteroatoms. The van der Waals surface area contributed by atoms with E-state index in [1.54, 1.807) is 12.7 Å². The second kappa shape index (κ2) is 8.65. The predicted octanol–water partition coefficient (Wildman–Crippen LogP) is 8.15. The van der Waals surface area contributed by atoms with Crippen molar-refractivity contribution in [3.8, 4) is 5.75 Å². The molecule has 0 radical (unpaired) electrons. The minimum Gasteiger partial charge on any atom is -0.497 e. The summed E-state index contributed by atoms with van der Waals surface area (Å²) in [4.78, 5) is 4.69. The second-order valence-corrected chi connectivity index (χ2v) is 12.6. The molecule has 1 spiro atoms. The normalized spacial score (nSPS) is 28.6. The third-order valence-corrected chi connectivity index (χ3v) is 11.4. The minimum absolute atomic E-state index is 0.406. The van der Waals surface area contributed by atoms with Crippen LogP contribution in [0.5, 0.6) is 5.75 Å². The number of benzene rings is 4. The Balaban J connectivity index is 1.28. The number of quaternary nitrogens is 1. The average molecular weight is 526 g/mol. The fourth-order valence-electron chi connectivity index (χ4n) is 9.35. The van der Waals surface area contributed by atoms with E-state index >= 15 is 0 Å². The third kappa shape index (κ3) is 3.07. The smallest absolute Gasteiger partial charge is 0.119 e. The molecular formula is C37H37N2O+. The Morgan fingerprint density at radius 1 is 0.975 bits per heavy atom. The molecule has 3 heterocycles. The maximum Gasteiger partial charge on any atom is 0.119 e. The zero-order chi connectivity index (χ0) is 27.1. The molecule has 0 bridgehead atoms. The van der Waals surface area contributed by atoms with E-state index in [9.17, 15) is 0 Å². The molecule has 1 aliphatic carbocycles. The quantitative estimate of drug-likeness (QED) is 0.127. The van der Waals surface area contributed by atoms with Crippen molar-refractivity contribution in [3.63, 3.8) is 0 Å². The molecule has 5 unspecified atom stereocenters. The van der Waals surface area contributed by atoms with Gasteiger partial charge < -0.3 is 9.22 Å². The van der Waals surface area contributed by atoms with Crippen LogP contribution in [0.3, 0.4) is 0 Å². The molecular weight excluding hydrogens is 488 g/mol. The molecule has 200 valence electrons. The highest BCUT2D eigenvalue weighted by atomic mass is 16.5. The van der Waals surface area contributed by atoms with Crippen LogP contribution >= 0.6 is 0 Å². The summed E-state index contributed by atoms with van der Waals surface area (Å²) in [5, 5.41) is 6.85. The standard InChI is InChI=1S/C37H37N2O/c1-4-25-22-37-16-18-39(37,23-34-24(2)29-9-5-6-10-30(29)31-11-7-8-12-32(31)34)27(20-35(25)37)19-26-15-17-38-36-14-13-28(40-3)21-33(26)36/h4-15,17,21,25,27,35H,1,16,18-20,22-23H2,2-3H3/q+1. The molecule has 4 aromatic carbocycles. The number of rotatable bonds is 6. The van der Waals surface area contributed by atoms with E-state index in [1.165, 1.54) is 68.3 Å². The summed E-state index contributed by atoms with van der Waals surface area (Å²) >= 11 is 0. The van der Waals surface area contributed by atoms with Crippen LogP contribution in [0.15, 0.2) is 91.6 Å². The Labute approximate surface area is 236 Å². The Morgan fingerprint density at radius 2 is 1.73 bits per heavy atom. The van der Waals surface area contributed by atoms with Crippen molar-refractivity contribution in [1.82, 2.24) is 4.98 Å². The van der Waals surface area contributed by atoms with E-state index < -0.39 is 0 Å². The number of hydrogen-bond donors (Lipinski definition) is 0. The van der Waals surface area contributed by atoms with Gasteiger partial charge in [0.1, 0.15) is 17.8 Å². The molecule has 8 rings (SSSR count). The lowest BCUT2D eigenvalue weighted by Crippen LogP contribution is -2.78. The fourth-order valence-corrected chi connectivity index (χ4v) is 9.35. The number of aromatic nitrogens is 1. The van der Waals surface area contributed by atoms with E-state index in [0.29, 0.717) is 17.5 Å². The lowest BCUT2D eigenvalue weighted by atomic mass is 9.54. The van der Waals surface area contributed by atoms with Gasteiger partial charge in [0, 0.05) is 42.3 Å². The lowest BCUT2D eigenvalue weighted by Gasteiger charge is -2.67. The van der Waals surface area contributed by atoms with Crippen molar-refractivity contribution < 1.29 is 9.22 Å². The van der Waals surface area contributed by atoms with Gasteiger partial charge in [-0.15, -0.1) is 6.58 Å². The van der Waals surface area contributed by atoms with Crippen LogP contribution in [0.1, 0.15) is 36.0 Å². The first-order valence-corrected chi connectivity index (χ1v) is 14.9. The molecule has 5 atom stereocenters. The van der Waals surface area contributed by atoms with Crippen molar-refractivity contribution in [2.75, 3.05) is 13.7 Å². The summed E-state index contributed by atoms with van der Waals surface area (Å²) in [6.45, 7) is 9.02. The van der Waals surface area contributed by atoms with Gasteiger partial charge in [0.05, 0.1) is 31.6 Å². The van der Waals surface area contributed by atoms with Crippen LogP contribution in [-0.4, -0.2) is 34.7 Å². The van der Waals surface area contributed by atoms with Gasteiger partial charge in [-0.05, 0) is 69.8 Å². The Bertz CT molecular complexity index is 1820. The fraction of sp³-hybridized carbons (Fsp3) is 0.324. The first-order chi connectivity index (χ1) is 19.6. The predicted molar refractivity (Wildman–Crippen MR) is 165 cm³/mol. The van der Waals surface area contributed by atoms with Gasteiger partial charge in [0.25, 0.3) is 0 Å². The van der Waals surface area contributed by atoms with Crippen LogP contribution in [0.4, 0.5) is 0 Å². The van der Waals surface area contributed by atoms with E-state index in [-0.39, 0.29) is 0 Å².